The molecule has 6 atom stereocenters. The van der Waals surface area contributed by atoms with Crippen molar-refractivity contribution >= 4 is 122 Å². The van der Waals surface area contributed by atoms with E-state index in [1.807, 2.05) is 56.2 Å². The molecule has 41 nitrogen and oxygen atoms in total. The molecule has 6 aromatic rings. The van der Waals surface area contributed by atoms with Crippen LogP contribution < -0.4 is 50.5 Å². The minimum atomic E-state index is -5.50. The number of rotatable bonds is 30. The second kappa shape index (κ2) is 41.6. The van der Waals surface area contributed by atoms with Crippen molar-refractivity contribution in [1.29, 1.82) is 0 Å². The molecule has 15 rings (SSSR count). The van der Waals surface area contributed by atoms with Gasteiger partial charge in [0.05, 0.1) is 92.5 Å². The van der Waals surface area contributed by atoms with E-state index in [4.69, 9.17) is 51.3 Å². The first kappa shape index (κ1) is 105. The number of hydrogen-bond donors (Lipinski definition) is 6. The third-order valence-corrected chi connectivity index (χ3v) is 35.3. The molecule has 9 aliphatic rings. The summed E-state index contributed by atoms with van der Waals surface area (Å²) in [5, 5.41) is 12.7. The van der Waals surface area contributed by atoms with Crippen molar-refractivity contribution < 1.29 is 141 Å². The Balaban J connectivity index is 0.000000179. The van der Waals surface area contributed by atoms with E-state index in [0.29, 0.717) is 87.7 Å². The maximum Gasteiger partial charge on any atom is 0.410 e. The van der Waals surface area contributed by atoms with Crippen molar-refractivity contribution in [2.45, 2.75) is 205 Å². The molecule has 0 unspecified atom stereocenters. The maximum absolute atomic E-state index is 16.4. The molecule has 3 saturated carbocycles. The summed E-state index contributed by atoms with van der Waals surface area (Å²) in [5.74, 6) is -7.19. The summed E-state index contributed by atoms with van der Waals surface area (Å²) in [7, 11) is -13.7. The van der Waals surface area contributed by atoms with Gasteiger partial charge in [-0.05, 0) is 189 Å². The van der Waals surface area contributed by atoms with Crippen molar-refractivity contribution in [1.82, 2.24) is 38.6 Å². The number of anilines is 3. The van der Waals surface area contributed by atoms with Crippen LogP contribution in [0.1, 0.15) is 195 Å². The number of likely N-dealkylation sites (tertiary alicyclic amines) is 2. The lowest BCUT2D eigenvalue weighted by atomic mass is 9.92. The molecule has 9 fully saturated rings. The Bertz CT molecular complexity index is 5980. The zero-order valence-corrected chi connectivity index (χ0v) is 82.8. The number of halogens is 3. The predicted octanol–water partition coefficient (Wildman–Crippen LogP) is 11.7. The maximum atomic E-state index is 16.4. The van der Waals surface area contributed by atoms with Crippen LogP contribution >= 0.6 is 30.4 Å². The van der Waals surface area contributed by atoms with E-state index in [-0.39, 0.29) is 142 Å². The summed E-state index contributed by atoms with van der Waals surface area (Å²) < 4.78 is 165. The van der Waals surface area contributed by atoms with Crippen LogP contribution in [0.3, 0.4) is 0 Å². The highest BCUT2D eigenvalue weighted by Gasteiger charge is 2.56. The highest BCUT2D eigenvalue weighted by Crippen LogP contribution is 2.71. The van der Waals surface area contributed by atoms with E-state index in [0.717, 1.165) is 101 Å². The SMILES string of the molecule is CCOP(=O)(OCC)C(N(C)C(=O)COC(=O)c1cn(C2CC2)c2c(OC)c(N3C[C@@H]4CCCN(C(=O)OC(C)(C)C)[C@@H]4C3)c(F)cc2c1=O)P(=O)(OCC)OCC.COc1c(N2C[C@@H]3CCCN(C(=O)OC(C)(C)C)[C@@H]3C2)c(F)cc2c(=O)c(C(=O)O)cn(C3CC3)c12.COc1c(N2C[C@@H]3CCCN[C@@H]3C2)c(F)cc2c(=O)c(C(=O)OCC(=O)N(C)C(P(=O)(O)O)P(=O)(O)O)cn(C3CC3)c12. The Morgan fingerprint density at radius 3 is 1.10 bits per heavy atom. The number of nitrogens with zero attached hydrogens (tertiary/aromatic N) is 10. The standard InChI is InChI=1S/C38H57FN4O13P2.C26H32FN3O6.C25H33FN4O11P2/c1-10-52-57(48,53-11-2)37(58(49,54-12-3)55-13-4)40(8)30(44)23-51-35(46)27-21-43(25-16-17-25)31-26(33(27)45)19-28(39)32(34(31)50-9)41-20-24-15-14-18-42(29(24)22-41)36(47)56-38(5,6)7;1-26(2,3)36-25(34)29-9-5-6-14-11-28(13-19(14)29)21-18(27)10-16-20(23(21)35-4)30(15-7-8-15)12-17(22(16)31)24(32)33;1-28(25(42(34,35)36)43(37,38)39)19(31)12-41-24(33)16-10-30(14-5-6-14)20-15(22(16)32)8-17(26)21(23(20)40-2)29-9-13-4-3-7-27-18(13)11-29/h19,21,24-25,29,37H,10-18,20,22-23H2,1-9H3;10,12,14-15,19H,5-9,11,13H2,1-4H3,(H,32,33);8,10,13-14,18,25,27H,3-7,9,11-12H2,1-2H3,(H2,34,35,36)(H2,37,38,39)/t24-,29+;14-,19+;13-,18+/m000/s1. The van der Waals surface area contributed by atoms with Crippen LogP contribution in [0.5, 0.6) is 17.2 Å². The number of amides is 4. The minimum absolute atomic E-state index is 0.00750. The van der Waals surface area contributed by atoms with Gasteiger partial charge < -0.3 is 129 Å². The monoisotopic (exact) mass is 2010 g/mol. The minimum Gasteiger partial charge on any atom is -0.492 e. The van der Waals surface area contributed by atoms with Gasteiger partial charge in [0, 0.05) is 109 Å². The van der Waals surface area contributed by atoms with Gasteiger partial charge in [-0.3, -0.25) is 42.2 Å². The van der Waals surface area contributed by atoms with Gasteiger partial charge in [-0.2, -0.15) is 0 Å². The fraction of sp³-hybridized carbons (Fsp3) is 0.618. The molecule has 4 amide bonds. The Labute approximate surface area is 788 Å². The number of hydrogen-bond acceptors (Lipinski definition) is 29. The number of carboxylic acid groups (broad SMARTS) is 1. The number of aromatic carboxylic acids is 1. The predicted molar refractivity (Wildman–Crippen MR) is 495 cm³/mol. The number of pyridine rings is 3. The lowest BCUT2D eigenvalue weighted by molar-refractivity contribution is -0.134. The number of carbonyl (C=O) groups excluding carboxylic acids is 6. The van der Waals surface area contributed by atoms with Gasteiger partial charge in [0.15, 0.2) is 47.9 Å². The van der Waals surface area contributed by atoms with Gasteiger partial charge in [-0.15, -0.1) is 0 Å². The van der Waals surface area contributed by atoms with Gasteiger partial charge in [-0.25, -0.2) is 37.1 Å². The average Bonchev–Trinajstić information content (AvgIpc) is 1.61. The molecule has 0 bridgehead atoms. The Hall–Kier alpha value is -9.67. The molecule has 0 radical (unpaired) electrons. The lowest BCUT2D eigenvalue weighted by Gasteiger charge is -2.37. The van der Waals surface area contributed by atoms with Crippen molar-refractivity contribution in [2.75, 3.05) is 149 Å². The Morgan fingerprint density at radius 1 is 0.467 bits per heavy atom. The van der Waals surface area contributed by atoms with Crippen LogP contribution in [-0.2, 0) is 64.9 Å². The summed E-state index contributed by atoms with van der Waals surface area (Å²) in [6.07, 6.45) is 13.1. The van der Waals surface area contributed by atoms with E-state index in [1.54, 1.807) is 51.2 Å². The van der Waals surface area contributed by atoms with Crippen LogP contribution in [0.4, 0.5) is 39.8 Å². The number of benzene rings is 3. The number of methoxy groups -OCH3 is 3. The first-order valence-electron chi connectivity index (χ1n) is 45.8. The number of ether oxygens (including phenoxy) is 7. The highest BCUT2D eigenvalue weighted by molar-refractivity contribution is 7.72. The molecular formula is C89H122F3N11O30P4. The molecule has 137 heavy (non-hydrogen) atoms. The van der Waals surface area contributed by atoms with Crippen molar-refractivity contribution in [2.24, 2.45) is 17.8 Å². The number of piperidine rings is 3. The van der Waals surface area contributed by atoms with Crippen LogP contribution in [0.2, 0.25) is 0 Å². The number of carbonyl (C=O) groups is 7. The van der Waals surface area contributed by atoms with Crippen LogP contribution in [0, 0.1) is 35.2 Å². The summed E-state index contributed by atoms with van der Waals surface area (Å²) in [4.78, 5) is 178. The molecule has 48 heteroatoms. The first-order valence-corrected chi connectivity index (χ1v) is 52.4. The molecule has 9 heterocycles. The summed E-state index contributed by atoms with van der Waals surface area (Å²) in [5.41, 5.74) is -8.15. The second-order valence-electron chi connectivity index (χ2n) is 37.5. The molecule has 6 saturated heterocycles. The zero-order valence-electron chi connectivity index (χ0n) is 79.2. The van der Waals surface area contributed by atoms with E-state index < -0.39 is 147 Å². The van der Waals surface area contributed by atoms with Crippen LogP contribution in [-0.4, -0.2) is 274 Å². The fourth-order valence-electron chi connectivity index (χ4n) is 19.4. The lowest BCUT2D eigenvalue weighted by Crippen LogP contribution is -2.50. The van der Waals surface area contributed by atoms with Gasteiger partial charge in [0.2, 0.25) is 27.3 Å². The van der Waals surface area contributed by atoms with Gasteiger partial charge in [0.1, 0.15) is 45.0 Å². The van der Waals surface area contributed by atoms with Gasteiger partial charge >= 0.3 is 60.5 Å². The molecule has 3 aromatic carbocycles. The number of fused-ring (bicyclic) bond motifs is 6. The summed E-state index contributed by atoms with van der Waals surface area (Å²) in [6.45, 7) is 19.3. The largest absolute Gasteiger partial charge is 0.492 e. The molecular weight excluding hydrogens is 1880 g/mol. The van der Waals surface area contributed by atoms with Gasteiger partial charge in [-0.1, -0.05) is 0 Å². The first-order chi connectivity index (χ1) is 64.5. The summed E-state index contributed by atoms with van der Waals surface area (Å²) >= 11 is 0. The Kier molecular flexibility index (Phi) is 31.8. The van der Waals surface area contributed by atoms with Crippen molar-refractivity contribution in [3.63, 3.8) is 0 Å². The fourth-order valence-corrected chi connectivity index (χ4v) is 27.5. The second-order valence-corrected chi connectivity index (χ2v) is 45.8. The van der Waals surface area contributed by atoms with Gasteiger partial charge in [0.25, 0.3) is 11.8 Å². The molecule has 6 aliphatic heterocycles. The smallest absolute Gasteiger partial charge is 0.410 e. The third-order valence-electron chi connectivity index (χ3n) is 25.6. The number of likely N-dealkylation sites (N-methyl/N-ethyl adjacent to an activating group) is 2. The van der Waals surface area contributed by atoms with E-state index in [1.165, 1.54) is 47.0 Å². The van der Waals surface area contributed by atoms with Crippen LogP contribution in [0.15, 0.2) is 51.2 Å². The van der Waals surface area contributed by atoms with E-state index in [2.05, 4.69) is 5.32 Å². The van der Waals surface area contributed by atoms with E-state index in [9.17, 15) is 90.9 Å². The zero-order chi connectivity index (χ0) is 100. The van der Waals surface area contributed by atoms with Crippen molar-refractivity contribution in [3.8, 4) is 17.2 Å². The van der Waals surface area contributed by atoms with Crippen molar-refractivity contribution in [3.05, 3.63) is 102 Å². The molecule has 6 N–H and O–H groups in total. The Morgan fingerprint density at radius 2 is 0.788 bits per heavy atom. The number of esters is 2. The molecule has 754 valence electrons. The molecule has 0 spiro atoms. The quantitative estimate of drug-likeness (QED) is 0.0139. The highest BCUT2D eigenvalue weighted by atomic mass is 31.2. The molecule has 3 aliphatic carbocycles. The molecule has 3 aromatic heterocycles. The van der Waals surface area contributed by atoms with Crippen LogP contribution in [0.25, 0.3) is 32.7 Å². The average molecular weight is 2010 g/mol. The number of carboxylic acids is 1. The van der Waals surface area contributed by atoms with E-state index >= 15 is 13.2 Å². The number of aromatic nitrogens is 3. The topological polar surface area (TPSA) is 491 Å². The normalized spacial score (nSPS) is 20.2. The summed E-state index contributed by atoms with van der Waals surface area (Å²) in [6, 6.07) is 2.89. The number of nitrogens with one attached hydrogen (secondary N) is 1. The third kappa shape index (κ3) is 22.2.